The van der Waals surface area contributed by atoms with Gasteiger partial charge in [-0.3, -0.25) is 0 Å². The molecule has 0 saturated carbocycles. The Morgan fingerprint density at radius 2 is 1.83 bits per heavy atom. The Morgan fingerprint density at radius 1 is 1.17 bits per heavy atom. The third-order valence-corrected chi connectivity index (χ3v) is 4.91. The van der Waals surface area contributed by atoms with E-state index >= 15 is 0 Å². The van der Waals surface area contributed by atoms with Gasteiger partial charge < -0.3 is 10.2 Å². The number of benzene rings is 1. The summed E-state index contributed by atoms with van der Waals surface area (Å²) < 4.78 is 0. The molecule has 1 aromatic carbocycles. The highest BCUT2D eigenvalue weighted by Crippen LogP contribution is 2.46. The highest BCUT2D eigenvalue weighted by molar-refractivity contribution is 5.50. The molecule has 1 aliphatic carbocycles. The van der Waals surface area contributed by atoms with Crippen LogP contribution in [0.15, 0.2) is 36.4 Å². The van der Waals surface area contributed by atoms with E-state index in [2.05, 4.69) is 32.6 Å². The highest BCUT2D eigenvalue weighted by Gasteiger charge is 2.31. The first-order valence-corrected chi connectivity index (χ1v) is 8.82. The van der Waals surface area contributed by atoms with E-state index in [0.717, 1.165) is 30.4 Å². The van der Waals surface area contributed by atoms with Crippen LogP contribution in [0.25, 0.3) is 0 Å². The van der Waals surface area contributed by atoms with Crippen LogP contribution in [0.2, 0.25) is 0 Å². The smallest absolute Gasteiger partial charge is 0.123 e. The van der Waals surface area contributed by atoms with Crippen molar-refractivity contribution < 1.29 is 10.2 Å². The summed E-state index contributed by atoms with van der Waals surface area (Å²) in [7, 11) is 0. The van der Waals surface area contributed by atoms with Crippen molar-refractivity contribution in [1.82, 2.24) is 0 Å². The van der Waals surface area contributed by atoms with Gasteiger partial charge in [0.2, 0.25) is 0 Å². The number of hydrogen-bond acceptors (Lipinski definition) is 2. The first-order valence-electron chi connectivity index (χ1n) is 8.82. The van der Waals surface area contributed by atoms with E-state index in [0.29, 0.717) is 11.5 Å². The second-order valence-corrected chi connectivity index (χ2v) is 7.08. The maximum Gasteiger partial charge on any atom is 0.123 e. The molecular weight excluding hydrogens is 284 g/mol. The second kappa shape index (κ2) is 7.72. The molecule has 1 aromatic rings. The van der Waals surface area contributed by atoms with Gasteiger partial charge in [-0.2, -0.15) is 0 Å². The number of aromatic hydroxyl groups is 2. The zero-order valence-corrected chi connectivity index (χ0v) is 14.7. The average molecular weight is 314 g/mol. The Labute approximate surface area is 140 Å². The van der Waals surface area contributed by atoms with Gasteiger partial charge in [0, 0.05) is 17.4 Å². The molecule has 0 aromatic heterocycles. The Balaban J connectivity index is 2.31. The van der Waals surface area contributed by atoms with Crippen LogP contribution in [-0.4, -0.2) is 10.2 Å². The molecule has 3 atom stereocenters. The third kappa shape index (κ3) is 4.19. The summed E-state index contributed by atoms with van der Waals surface area (Å²) in [6, 6.07) is 3.67. The van der Waals surface area contributed by atoms with Crippen LogP contribution in [0.4, 0.5) is 0 Å². The molecule has 2 nitrogen and oxygen atoms in total. The lowest BCUT2D eigenvalue weighted by atomic mass is 9.72. The lowest BCUT2D eigenvalue weighted by molar-refractivity contribution is 0.385. The largest absolute Gasteiger partial charge is 0.508 e. The Morgan fingerprint density at radius 3 is 2.39 bits per heavy atom. The molecule has 0 bridgehead atoms. The van der Waals surface area contributed by atoms with E-state index in [1.807, 2.05) is 19.1 Å². The molecule has 126 valence electrons. The summed E-state index contributed by atoms with van der Waals surface area (Å²) in [5, 5.41) is 21.1. The van der Waals surface area contributed by atoms with Gasteiger partial charge in [0.1, 0.15) is 11.5 Å². The summed E-state index contributed by atoms with van der Waals surface area (Å²) in [6.45, 7) is 10.5. The number of phenolic OH excluding ortho intramolecular Hbond substituents is 2. The van der Waals surface area contributed by atoms with Crippen molar-refractivity contribution in [3.8, 4) is 11.5 Å². The average Bonchev–Trinajstić information content (AvgIpc) is 2.46. The highest BCUT2D eigenvalue weighted by atomic mass is 16.3. The summed E-state index contributed by atoms with van der Waals surface area (Å²) in [6.07, 6.45) is 9.64. The van der Waals surface area contributed by atoms with Crippen molar-refractivity contribution in [1.29, 1.82) is 0 Å². The third-order valence-electron chi connectivity index (χ3n) is 4.91. The van der Waals surface area contributed by atoms with Crippen molar-refractivity contribution in [2.75, 3.05) is 0 Å². The Hall–Kier alpha value is -1.70. The standard InChI is InChI=1S/C21H30O2/c1-5-6-7-8-16-12-19(22)21(20(23)13-16)18-11-15(4)9-10-17(18)14(2)3/h9-10,12-13,15,17-18,22-23H,2,5-8,11H2,1,3-4H3. The fourth-order valence-corrected chi connectivity index (χ4v) is 3.66. The second-order valence-electron chi connectivity index (χ2n) is 7.08. The van der Waals surface area contributed by atoms with Crippen LogP contribution in [0.3, 0.4) is 0 Å². The van der Waals surface area contributed by atoms with Crippen LogP contribution in [0.5, 0.6) is 11.5 Å². The van der Waals surface area contributed by atoms with Gasteiger partial charge in [-0.1, -0.05) is 51.0 Å². The number of rotatable bonds is 6. The van der Waals surface area contributed by atoms with Gasteiger partial charge in [-0.15, -0.1) is 0 Å². The van der Waals surface area contributed by atoms with Crippen molar-refractivity contribution in [2.24, 2.45) is 11.8 Å². The first-order chi connectivity index (χ1) is 10.9. The molecule has 0 spiro atoms. The summed E-state index contributed by atoms with van der Waals surface area (Å²) in [5.41, 5.74) is 2.78. The predicted octanol–water partition coefficient (Wildman–Crippen LogP) is 5.70. The summed E-state index contributed by atoms with van der Waals surface area (Å²) in [4.78, 5) is 0. The number of hydrogen-bond donors (Lipinski definition) is 2. The molecule has 23 heavy (non-hydrogen) atoms. The molecule has 2 N–H and O–H groups in total. The lowest BCUT2D eigenvalue weighted by Gasteiger charge is -2.32. The molecule has 0 amide bonds. The number of unbranched alkanes of at least 4 members (excludes halogenated alkanes) is 2. The molecule has 0 fully saturated rings. The van der Waals surface area contributed by atoms with E-state index in [-0.39, 0.29) is 23.3 Å². The molecule has 0 heterocycles. The van der Waals surface area contributed by atoms with Crippen molar-refractivity contribution in [2.45, 2.75) is 58.8 Å². The zero-order chi connectivity index (χ0) is 17.0. The number of phenols is 2. The van der Waals surface area contributed by atoms with Gasteiger partial charge in [-0.05, 0) is 49.8 Å². The molecule has 2 heteroatoms. The fourth-order valence-electron chi connectivity index (χ4n) is 3.66. The molecule has 0 saturated heterocycles. The zero-order valence-electron chi connectivity index (χ0n) is 14.7. The Kier molecular flexibility index (Phi) is 5.92. The topological polar surface area (TPSA) is 40.5 Å². The van der Waals surface area contributed by atoms with Gasteiger partial charge in [0.15, 0.2) is 0 Å². The van der Waals surface area contributed by atoms with Crippen LogP contribution in [0, 0.1) is 11.8 Å². The fraction of sp³-hybridized carbons (Fsp3) is 0.524. The monoisotopic (exact) mass is 314 g/mol. The van der Waals surface area contributed by atoms with E-state index < -0.39 is 0 Å². The molecular formula is C21H30O2. The molecule has 0 aliphatic heterocycles. The van der Waals surface area contributed by atoms with Crippen LogP contribution in [0.1, 0.15) is 63.5 Å². The van der Waals surface area contributed by atoms with Gasteiger partial charge in [0.05, 0.1) is 0 Å². The maximum atomic E-state index is 10.6. The van der Waals surface area contributed by atoms with Crippen molar-refractivity contribution in [3.05, 3.63) is 47.6 Å². The SMILES string of the molecule is C=C(C)C1C=CC(C)CC1c1c(O)cc(CCCCC)cc1O. The minimum absolute atomic E-state index is 0.0946. The van der Waals surface area contributed by atoms with E-state index in [1.165, 1.54) is 12.8 Å². The maximum absolute atomic E-state index is 10.6. The summed E-state index contributed by atoms with van der Waals surface area (Å²) in [5.74, 6) is 1.18. The molecule has 0 radical (unpaired) electrons. The van der Waals surface area contributed by atoms with E-state index in [1.54, 1.807) is 0 Å². The van der Waals surface area contributed by atoms with Crippen molar-refractivity contribution >= 4 is 0 Å². The molecule has 2 rings (SSSR count). The summed E-state index contributed by atoms with van der Waals surface area (Å²) >= 11 is 0. The van der Waals surface area contributed by atoms with E-state index in [4.69, 9.17) is 0 Å². The van der Waals surface area contributed by atoms with Crippen LogP contribution < -0.4 is 0 Å². The van der Waals surface area contributed by atoms with Gasteiger partial charge >= 0.3 is 0 Å². The van der Waals surface area contributed by atoms with Crippen LogP contribution in [-0.2, 0) is 6.42 Å². The minimum atomic E-state index is 0.0946. The van der Waals surface area contributed by atoms with Gasteiger partial charge in [-0.25, -0.2) is 0 Å². The first kappa shape index (κ1) is 17.7. The van der Waals surface area contributed by atoms with Crippen molar-refractivity contribution in [3.63, 3.8) is 0 Å². The van der Waals surface area contributed by atoms with Crippen LogP contribution >= 0.6 is 0 Å². The lowest BCUT2D eigenvalue weighted by Crippen LogP contribution is -2.19. The number of aryl methyl sites for hydroxylation is 1. The minimum Gasteiger partial charge on any atom is -0.508 e. The normalized spacial score (nSPS) is 23.9. The Bertz CT molecular complexity index is 562. The number of allylic oxidation sites excluding steroid dienone is 3. The van der Waals surface area contributed by atoms with Gasteiger partial charge in [0.25, 0.3) is 0 Å². The molecule has 1 aliphatic rings. The molecule has 3 unspecified atom stereocenters. The predicted molar refractivity (Wildman–Crippen MR) is 97.0 cm³/mol. The van der Waals surface area contributed by atoms with E-state index in [9.17, 15) is 10.2 Å². The quantitative estimate of drug-likeness (QED) is 0.522.